The van der Waals surface area contributed by atoms with Crippen LogP contribution in [0.15, 0.2) is 48.5 Å². The van der Waals surface area contributed by atoms with Crippen LogP contribution >= 0.6 is 22.9 Å². The van der Waals surface area contributed by atoms with Crippen molar-refractivity contribution in [3.63, 3.8) is 0 Å². The molecular weight excluding hydrogens is 346 g/mol. The van der Waals surface area contributed by atoms with E-state index < -0.39 is 23.4 Å². The molecule has 0 aliphatic carbocycles. The second-order valence-corrected chi connectivity index (χ2v) is 7.01. The van der Waals surface area contributed by atoms with Crippen molar-refractivity contribution in [2.24, 2.45) is 5.92 Å². The lowest BCUT2D eigenvalue weighted by atomic mass is 9.88. The number of halogens is 1. The summed E-state index contributed by atoms with van der Waals surface area (Å²) in [7, 11) is 0. The van der Waals surface area contributed by atoms with Crippen LogP contribution in [0.4, 0.5) is 5.69 Å². The zero-order valence-electron chi connectivity index (χ0n) is 12.2. The van der Waals surface area contributed by atoms with Crippen LogP contribution in [0.25, 0.3) is 10.1 Å². The molecule has 2 aromatic carbocycles. The quantitative estimate of drug-likeness (QED) is 0.553. The highest BCUT2D eigenvalue weighted by Gasteiger charge is 2.40. The summed E-state index contributed by atoms with van der Waals surface area (Å²) in [6.07, 6.45) is 0. The highest BCUT2D eigenvalue weighted by molar-refractivity contribution is 7.21. The summed E-state index contributed by atoms with van der Waals surface area (Å²) in [5.74, 6) is -2.93. The number of hydrogen-bond donors (Lipinski definition) is 1. The molecule has 0 spiro atoms. The number of thiophene rings is 1. The molecule has 0 saturated heterocycles. The standard InChI is InChI=1S/C18H10ClNO3S/c19-10-5-6-11-12(8-10)20-18(23)15(16(11)21)17(22)14-7-9-3-1-2-4-13(9)24-14/h1-8,15H,(H,20,23). The van der Waals surface area contributed by atoms with Gasteiger partial charge in [-0.05, 0) is 35.7 Å². The number of nitrogens with one attached hydrogen (secondary N) is 1. The van der Waals surface area contributed by atoms with E-state index in [1.807, 2.05) is 24.3 Å². The molecule has 1 aliphatic rings. The van der Waals surface area contributed by atoms with Crippen molar-refractivity contribution >= 4 is 56.2 Å². The third-order valence-corrected chi connectivity index (χ3v) is 5.33. The van der Waals surface area contributed by atoms with E-state index in [9.17, 15) is 14.4 Å². The van der Waals surface area contributed by atoms with Gasteiger partial charge in [0, 0.05) is 15.3 Å². The molecule has 0 bridgehead atoms. The second kappa shape index (κ2) is 5.54. The molecule has 6 heteroatoms. The maximum absolute atomic E-state index is 12.8. The molecule has 3 aromatic rings. The van der Waals surface area contributed by atoms with Crippen LogP contribution < -0.4 is 5.32 Å². The van der Waals surface area contributed by atoms with Gasteiger partial charge in [0.25, 0.3) is 0 Å². The van der Waals surface area contributed by atoms with Crippen molar-refractivity contribution in [3.05, 3.63) is 64.0 Å². The Labute approximate surface area is 146 Å². The van der Waals surface area contributed by atoms with Crippen molar-refractivity contribution in [1.29, 1.82) is 0 Å². The van der Waals surface area contributed by atoms with Crippen molar-refractivity contribution in [2.75, 3.05) is 5.32 Å². The normalized spacial score (nSPS) is 16.8. The first kappa shape index (κ1) is 15.1. The minimum absolute atomic E-state index is 0.304. The number of anilines is 1. The fourth-order valence-electron chi connectivity index (χ4n) is 2.80. The van der Waals surface area contributed by atoms with Gasteiger partial charge in [-0.3, -0.25) is 14.4 Å². The van der Waals surface area contributed by atoms with Crippen LogP contribution in [0.3, 0.4) is 0 Å². The molecule has 1 N–H and O–H groups in total. The summed E-state index contributed by atoms with van der Waals surface area (Å²) < 4.78 is 0.941. The van der Waals surface area contributed by atoms with Gasteiger partial charge in [-0.15, -0.1) is 11.3 Å². The minimum Gasteiger partial charge on any atom is -0.324 e. The first-order valence-corrected chi connectivity index (χ1v) is 8.41. The zero-order chi connectivity index (χ0) is 16.8. The number of amides is 1. The molecule has 4 rings (SSSR count). The zero-order valence-corrected chi connectivity index (χ0v) is 13.8. The maximum atomic E-state index is 12.8. The molecule has 4 nitrogen and oxygen atoms in total. The second-order valence-electron chi connectivity index (χ2n) is 5.49. The molecule has 118 valence electrons. The molecule has 0 saturated carbocycles. The van der Waals surface area contributed by atoms with E-state index in [0.717, 1.165) is 10.1 Å². The summed E-state index contributed by atoms with van der Waals surface area (Å²) in [5, 5.41) is 3.94. The van der Waals surface area contributed by atoms with E-state index in [1.54, 1.807) is 12.1 Å². The van der Waals surface area contributed by atoms with Crippen LogP contribution in [-0.4, -0.2) is 17.5 Å². The minimum atomic E-state index is -1.35. The van der Waals surface area contributed by atoms with Gasteiger partial charge < -0.3 is 5.32 Å². The number of ketones is 2. The Morgan fingerprint density at radius 2 is 1.88 bits per heavy atom. The van der Waals surface area contributed by atoms with E-state index in [2.05, 4.69) is 5.32 Å². The van der Waals surface area contributed by atoms with Gasteiger partial charge in [0.15, 0.2) is 17.5 Å². The summed E-state index contributed by atoms with van der Waals surface area (Å²) in [6, 6.07) is 13.9. The van der Waals surface area contributed by atoms with Crippen LogP contribution in [0.5, 0.6) is 0 Å². The van der Waals surface area contributed by atoms with Crippen molar-refractivity contribution < 1.29 is 14.4 Å². The summed E-state index contributed by atoms with van der Waals surface area (Å²) >= 11 is 7.17. The van der Waals surface area contributed by atoms with E-state index in [1.165, 1.54) is 23.5 Å². The summed E-state index contributed by atoms with van der Waals surface area (Å²) in [5.41, 5.74) is 0.649. The monoisotopic (exact) mass is 355 g/mol. The summed E-state index contributed by atoms with van der Waals surface area (Å²) in [4.78, 5) is 38.1. The van der Waals surface area contributed by atoms with Gasteiger partial charge in [0.05, 0.1) is 10.6 Å². The number of rotatable bonds is 2. The average molecular weight is 356 g/mol. The number of fused-ring (bicyclic) bond motifs is 2. The largest absolute Gasteiger partial charge is 0.324 e. The fraction of sp³-hybridized carbons (Fsp3) is 0.0556. The predicted molar refractivity (Wildman–Crippen MR) is 94.1 cm³/mol. The Morgan fingerprint density at radius 1 is 1.08 bits per heavy atom. The first-order valence-electron chi connectivity index (χ1n) is 7.22. The van der Waals surface area contributed by atoms with E-state index >= 15 is 0 Å². The molecular formula is C18H10ClNO3S. The number of hydrogen-bond acceptors (Lipinski definition) is 4. The van der Waals surface area contributed by atoms with Gasteiger partial charge in [-0.2, -0.15) is 0 Å². The number of carbonyl (C=O) groups excluding carboxylic acids is 3. The molecule has 1 aromatic heterocycles. The lowest BCUT2D eigenvalue weighted by Gasteiger charge is -2.22. The lowest BCUT2D eigenvalue weighted by molar-refractivity contribution is -0.117. The van der Waals surface area contributed by atoms with E-state index in [4.69, 9.17) is 11.6 Å². The fourth-order valence-corrected chi connectivity index (χ4v) is 4.00. The van der Waals surface area contributed by atoms with Crippen molar-refractivity contribution in [2.45, 2.75) is 0 Å². The summed E-state index contributed by atoms with van der Waals surface area (Å²) in [6.45, 7) is 0. The molecule has 24 heavy (non-hydrogen) atoms. The lowest BCUT2D eigenvalue weighted by Crippen LogP contribution is -2.40. The highest BCUT2D eigenvalue weighted by atomic mass is 35.5. The number of benzene rings is 2. The van der Waals surface area contributed by atoms with Crippen molar-refractivity contribution in [3.8, 4) is 0 Å². The molecule has 1 atom stereocenters. The third kappa shape index (κ3) is 2.33. The smallest absolute Gasteiger partial charge is 0.243 e. The molecule has 2 heterocycles. The van der Waals surface area contributed by atoms with Gasteiger partial charge in [-0.25, -0.2) is 0 Å². The Bertz CT molecular complexity index is 991. The van der Waals surface area contributed by atoms with Crippen LogP contribution in [0.2, 0.25) is 5.02 Å². The molecule has 1 amide bonds. The van der Waals surface area contributed by atoms with E-state index in [-0.39, 0.29) is 0 Å². The Morgan fingerprint density at radius 3 is 2.67 bits per heavy atom. The molecule has 0 fully saturated rings. The van der Waals surface area contributed by atoms with Crippen LogP contribution in [-0.2, 0) is 4.79 Å². The third-order valence-electron chi connectivity index (χ3n) is 3.96. The van der Waals surface area contributed by atoms with E-state index in [0.29, 0.717) is 21.2 Å². The van der Waals surface area contributed by atoms with Crippen molar-refractivity contribution in [1.82, 2.24) is 0 Å². The SMILES string of the molecule is O=C1Nc2cc(Cl)ccc2C(=O)C1C(=O)c1cc2ccccc2s1. The number of Topliss-reactive ketones (excluding diaryl/α,β-unsaturated/α-hetero) is 2. The molecule has 0 radical (unpaired) electrons. The predicted octanol–water partition coefficient (Wildman–Crippen LogP) is 4.19. The average Bonchev–Trinajstić information content (AvgIpc) is 2.98. The topological polar surface area (TPSA) is 63.2 Å². The Balaban J connectivity index is 1.75. The van der Waals surface area contributed by atoms with Gasteiger partial charge in [0.2, 0.25) is 5.91 Å². The van der Waals surface area contributed by atoms with Crippen LogP contribution in [0, 0.1) is 5.92 Å². The van der Waals surface area contributed by atoms with Gasteiger partial charge in [0.1, 0.15) is 0 Å². The molecule has 1 aliphatic heterocycles. The van der Waals surface area contributed by atoms with Crippen LogP contribution in [0.1, 0.15) is 20.0 Å². The van der Waals surface area contributed by atoms with Gasteiger partial charge in [-0.1, -0.05) is 29.8 Å². The van der Waals surface area contributed by atoms with Gasteiger partial charge >= 0.3 is 0 Å². The number of carbonyl (C=O) groups is 3. The molecule has 1 unspecified atom stereocenters. The maximum Gasteiger partial charge on any atom is 0.243 e. The Hall–Kier alpha value is -2.50. The highest BCUT2D eigenvalue weighted by Crippen LogP contribution is 2.32. The first-order chi connectivity index (χ1) is 11.5. The Kier molecular flexibility index (Phi) is 3.48.